The number of nitrogens with zero attached hydrogens (tertiary/aromatic N) is 3. The predicted octanol–water partition coefficient (Wildman–Crippen LogP) is 0.596. The zero-order valence-electron chi connectivity index (χ0n) is 12.7. The second-order valence-corrected chi connectivity index (χ2v) is 6.29. The molecular formula is C15H25N3O2. The first-order valence-electron chi connectivity index (χ1n) is 7.17. The van der Waals surface area contributed by atoms with Crippen LogP contribution in [0, 0.1) is 0 Å². The highest BCUT2D eigenvalue weighted by Crippen LogP contribution is 2.10. The fraction of sp³-hybridized carbons (Fsp3) is 0.667. The van der Waals surface area contributed by atoms with Gasteiger partial charge < -0.3 is 9.67 Å². The number of Topliss-reactive ketones (excluding diaryl/α,β-unsaturated/α-hetero) is 1. The second-order valence-electron chi connectivity index (χ2n) is 6.29. The average molecular weight is 279 g/mol. The zero-order chi connectivity index (χ0) is 14.8. The van der Waals surface area contributed by atoms with Gasteiger partial charge >= 0.3 is 0 Å². The van der Waals surface area contributed by atoms with Crippen molar-refractivity contribution in [2.45, 2.75) is 19.4 Å². The smallest absolute Gasteiger partial charge is 0.193 e. The Morgan fingerprint density at radius 2 is 1.85 bits per heavy atom. The van der Waals surface area contributed by atoms with Crippen LogP contribution in [-0.2, 0) is 7.05 Å². The number of hydrogen-bond donors (Lipinski definition) is 1. The van der Waals surface area contributed by atoms with Gasteiger partial charge in [-0.3, -0.25) is 14.6 Å². The highest BCUT2D eigenvalue weighted by atomic mass is 16.3. The Morgan fingerprint density at radius 3 is 2.35 bits per heavy atom. The summed E-state index contributed by atoms with van der Waals surface area (Å²) in [5.74, 6) is 0.174. The van der Waals surface area contributed by atoms with Crippen molar-refractivity contribution in [3.05, 3.63) is 24.0 Å². The maximum absolute atomic E-state index is 12.2. The van der Waals surface area contributed by atoms with Crippen molar-refractivity contribution in [3.63, 3.8) is 0 Å². The van der Waals surface area contributed by atoms with E-state index in [9.17, 15) is 9.90 Å². The summed E-state index contributed by atoms with van der Waals surface area (Å²) in [5.41, 5.74) is 0.116. The van der Waals surface area contributed by atoms with E-state index in [0.717, 1.165) is 31.9 Å². The van der Waals surface area contributed by atoms with Gasteiger partial charge in [-0.1, -0.05) is 0 Å². The Kier molecular flexibility index (Phi) is 4.62. The number of hydrogen-bond acceptors (Lipinski definition) is 4. The van der Waals surface area contributed by atoms with Gasteiger partial charge in [-0.25, -0.2) is 0 Å². The monoisotopic (exact) mass is 279 g/mol. The number of β-amino-alcohol motifs (C(OH)–C–C–N with tert-alkyl or cyclic N) is 1. The molecule has 5 nitrogen and oxygen atoms in total. The Balaban J connectivity index is 1.80. The number of aromatic nitrogens is 1. The van der Waals surface area contributed by atoms with E-state index in [1.807, 2.05) is 43.8 Å². The van der Waals surface area contributed by atoms with Crippen molar-refractivity contribution in [2.75, 3.05) is 39.3 Å². The number of carbonyl (C=O) groups excluding carboxylic acids is 1. The minimum absolute atomic E-state index is 0.174. The van der Waals surface area contributed by atoms with Gasteiger partial charge in [0.1, 0.15) is 0 Å². The SMILES string of the molecule is Cn1cccc1C(=O)CN1CCN(CC(C)(C)O)CC1. The van der Waals surface area contributed by atoms with Crippen LogP contribution in [0.3, 0.4) is 0 Å². The molecule has 0 saturated carbocycles. The van der Waals surface area contributed by atoms with Gasteiger partial charge in [-0.15, -0.1) is 0 Å². The minimum Gasteiger partial charge on any atom is -0.389 e. The summed E-state index contributed by atoms with van der Waals surface area (Å²) in [7, 11) is 1.90. The Bertz CT molecular complexity index is 454. The third-order valence-corrected chi connectivity index (χ3v) is 3.67. The third-order valence-electron chi connectivity index (χ3n) is 3.67. The van der Waals surface area contributed by atoms with Gasteiger partial charge in [0.15, 0.2) is 5.78 Å². The molecule has 0 amide bonds. The molecule has 1 aromatic rings. The van der Waals surface area contributed by atoms with Crippen molar-refractivity contribution >= 4 is 5.78 Å². The normalized spacial score (nSPS) is 18.4. The number of piperazine rings is 1. The van der Waals surface area contributed by atoms with Crippen molar-refractivity contribution < 1.29 is 9.90 Å². The molecule has 0 aliphatic carbocycles. The maximum Gasteiger partial charge on any atom is 0.193 e. The molecule has 1 aliphatic rings. The van der Waals surface area contributed by atoms with E-state index in [1.54, 1.807) is 0 Å². The van der Waals surface area contributed by atoms with E-state index in [2.05, 4.69) is 9.80 Å². The summed E-state index contributed by atoms with van der Waals surface area (Å²) in [6.07, 6.45) is 1.90. The molecule has 1 aliphatic heterocycles. The molecule has 1 fully saturated rings. The van der Waals surface area contributed by atoms with Crippen LogP contribution in [0.5, 0.6) is 0 Å². The van der Waals surface area contributed by atoms with Crippen LogP contribution in [0.2, 0.25) is 0 Å². The second kappa shape index (κ2) is 6.08. The number of aliphatic hydroxyl groups is 1. The van der Waals surface area contributed by atoms with Crippen molar-refractivity contribution in [1.29, 1.82) is 0 Å². The molecule has 2 heterocycles. The lowest BCUT2D eigenvalue weighted by atomic mass is 10.1. The van der Waals surface area contributed by atoms with E-state index in [1.165, 1.54) is 0 Å². The molecule has 1 N–H and O–H groups in total. The lowest BCUT2D eigenvalue weighted by Gasteiger charge is -2.37. The first-order chi connectivity index (χ1) is 9.35. The lowest BCUT2D eigenvalue weighted by Crippen LogP contribution is -2.51. The average Bonchev–Trinajstić information content (AvgIpc) is 2.76. The van der Waals surface area contributed by atoms with Gasteiger partial charge in [0.05, 0.1) is 17.8 Å². The van der Waals surface area contributed by atoms with Crippen LogP contribution in [0.15, 0.2) is 18.3 Å². The number of aryl methyl sites for hydroxylation is 1. The summed E-state index contributed by atoms with van der Waals surface area (Å²) in [6.45, 7) is 8.41. The fourth-order valence-corrected chi connectivity index (χ4v) is 2.69. The first kappa shape index (κ1) is 15.2. The first-order valence-corrected chi connectivity index (χ1v) is 7.17. The van der Waals surface area contributed by atoms with Crippen LogP contribution in [0.25, 0.3) is 0 Å². The molecule has 20 heavy (non-hydrogen) atoms. The lowest BCUT2D eigenvalue weighted by molar-refractivity contribution is 0.0179. The van der Waals surface area contributed by atoms with Gasteiger partial charge in [-0.05, 0) is 26.0 Å². The summed E-state index contributed by atoms with van der Waals surface area (Å²) in [5, 5.41) is 9.82. The van der Waals surface area contributed by atoms with Crippen molar-refractivity contribution in [1.82, 2.24) is 14.4 Å². The van der Waals surface area contributed by atoms with E-state index in [0.29, 0.717) is 13.1 Å². The van der Waals surface area contributed by atoms with E-state index in [-0.39, 0.29) is 5.78 Å². The molecule has 112 valence electrons. The molecule has 1 saturated heterocycles. The highest BCUT2D eigenvalue weighted by Gasteiger charge is 2.24. The number of carbonyl (C=O) groups is 1. The van der Waals surface area contributed by atoms with Crippen LogP contribution < -0.4 is 0 Å². The molecule has 0 radical (unpaired) electrons. The molecule has 5 heteroatoms. The Labute approximate surface area is 120 Å². The Morgan fingerprint density at radius 1 is 1.25 bits per heavy atom. The van der Waals surface area contributed by atoms with Crippen LogP contribution >= 0.6 is 0 Å². The summed E-state index contributed by atoms with van der Waals surface area (Å²) in [4.78, 5) is 16.6. The summed E-state index contributed by atoms with van der Waals surface area (Å²) >= 11 is 0. The summed E-state index contributed by atoms with van der Waals surface area (Å²) < 4.78 is 1.87. The maximum atomic E-state index is 12.2. The molecule has 0 bridgehead atoms. The third kappa shape index (κ3) is 4.16. The molecular weight excluding hydrogens is 254 g/mol. The van der Waals surface area contributed by atoms with E-state index in [4.69, 9.17) is 0 Å². The molecule has 1 aromatic heterocycles. The van der Waals surface area contributed by atoms with Crippen LogP contribution in [0.1, 0.15) is 24.3 Å². The van der Waals surface area contributed by atoms with Crippen molar-refractivity contribution in [2.24, 2.45) is 7.05 Å². The van der Waals surface area contributed by atoms with Gasteiger partial charge in [-0.2, -0.15) is 0 Å². The molecule has 0 aromatic carbocycles. The Hall–Kier alpha value is -1.17. The molecule has 2 rings (SSSR count). The fourth-order valence-electron chi connectivity index (χ4n) is 2.69. The zero-order valence-corrected chi connectivity index (χ0v) is 12.7. The quantitative estimate of drug-likeness (QED) is 0.802. The van der Waals surface area contributed by atoms with Crippen molar-refractivity contribution in [3.8, 4) is 0 Å². The molecule has 0 spiro atoms. The van der Waals surface area contributed by atoms with E-state index >= 15 is 0 Å². The van der Waals surface area contributed by atoms with E-state index < -0.39 is 5.60 Å². The molecule has 0 unspecified atom stereocenters. The standard InChI is InChI=1S/C15H25N3O2/c1-15(2,20)12-18-9-7-17(8-10-18)11-14(19)13-5-4-6-16(13)3/h4-6,20H,7-12H2,1-3H3. The van der Waals surface area contributed by atoms with Crippen LogP contribution in [-0.4, -0.2) is 70.1 Å². The van der Waals surface area contributed by atoms with Gasteiger partial charge in [0, 0.05) is 46.0 Å². The largest absolute Gasteiger partial charge is 0.389 e. The topological polar surface area (TPSA) is 48.7 Å². The highest BCUT2D eigenvalue weighted by molar-refractivity contribution is 5.96. The van der Waals surface area contributed by atoms with Crippen LogP contribution in [0.4, 0.5) is 0 Å². The van der Waals surface area contributed by atoms with Gasteiger partial charge in [0.25, 0.3) is 0 Å². The number of rotatable bonds is 5. The van der Waals surface area contributed by atoms with Gasteiger partial charge in [0.2, 0.25) is 0 Å². The summed E-state index contributed by atoms with van der Waals surface area (Å²) in [6, 6.07) is 3.77. The molecule has 0 atom stereocenters. The number of ketones is 1. The minimum atomic E-state index is -0.652. The predicted molar refractivity (Wildman–Crippen MR) is 78.9 cm³/mol.